The molecule has 0 bridgehead atoms. The SMILES string of the molecule is NC(=O)CCC(NC(=O)C(Cc1ccc(O)cc1)NC(=O)C(Cc1cnc[nH]1)NC(=O)C(N)Cc1c[nH]c2ccccc12)C(=O)O. The first-order valence-corrected chi connectivity index (χ1v) is 14.5. The largest absolute Gasteiger partial charge is 0.508 e. The van der Waals surface area contributed by atoms with Gasteiger partial charge < -0.3 is 47.6 Å². The Hall–Kier alpha value is -5.70. The summed E-state index contributed by atoms with van der Waals surface area (Å²) in [5.41, 5.74) is 14.2. The number of carboxylic acid groups (broad SMARTS) is 1. The lowest BCUT2D eigenvalue weighted by atomic mass is 10.0. The normalized spacial score (nSPS) is 13.7. The predicted octanol–water partition coefficient (Wildman–Crippen LogP) is -0.244. The van der Waals surface area contributed by atoms with Crippen molar-refractivity contribution in [2.24, 2.45) is 11.5 Å². The fourth-order valence-electron chi connectivity index (χ4n) is 4.90. The van der Waals surface area contributed by atoms with Gasteiger partial charge in [0.2, 0.25) is 23.6 Å². The molecule has 2 aromatic carbocycles. The Morgan fingerprint density at radius 3 is 2.13 bits per heavy atom. The van der Waals surface area contributed by atoms with E-state index in [1.165, 1.54) is 36.8 Å². The number of aromatic hydroxyl groups is 1. The Bertz CT molecular complexity index is 1670. The van der Waals surface area contributed by atoms with Gasteiger partial charge in [0.05, 0.1) is 12.4 Å². The van der Waals surface area contributed by atoms with Gasteiger partial charge in [-0.15, -0.1) is 0 Å². The molecule has 4 amide bonds. The second-order valence-electron chi connectivity index (χ2n) is 10.8. The molecule has 4 rings (SSSR count). The van der Waals surface area contributed by atoms with Crippen LogP contribution in [0.15, 0.2) is 67.3 Å². The molecule has 11 N–H and O–H groups in total. The maximum Gasteiger partial charge on any atom is 0.326 e. The van der Waals surface area contributed by atoms with Crippen LogP contribution >= 0.6 is 0 Å². The van der Waals surface area contributed by atoms with Gasteiger partial charge in [0.15, 0.2) is 0 Å². The van der Waals surface area contributed by atoms with Crippen LogP contribution < -0.4 is 27.4 Å². The molecule has 4 atom stereocenters. The second kappa shape index (κ2) is 15.3. The summed E-state index contributed by atoms with van der Waals surface area (Å²) in [6, 6.07) is 8.44. The van der Waals surface area contributed by atoms with Gasteiger partial charge >= 0.3 is 5.97 Å². The van der Waals surface area contributed by atoms with Crippen LogP contribution in [0.2, 0.25) is 0 Å². The van der Waals surface area contributed by atoms with Gasteiger partial charge in [-0.05, 0) is 42.2 Å². The standard InChI is InChI=1S/C31H36N8O7/c32-22(12-18-14-35-23-4-2-1-3-21(18)23)28(42)38-26(13-19-15-34-16-36-19)30(44)39-25(11-17-5-7-20(40)8-6-17)29(43)37-24(31(45)46)9-10-27(33)41/h1-8,14-16,22,24-26,35,40H,9-13,32H2,(H2,33,41)(H,34,36)(H,37,43)(H,38,42)(H,39,44)(H,45,46). The van der Waals surface area contributed by atoms with Crippen LogP contribution in [-0.2, 0) is 43.2 Å². The summed E-state index contributed by atoms with van der Waals surface area (Å²) >= 11 is 0. The number of carboxylic acids is 1. The van der Waals surface area contributed by atoms with E-state index in [1.807, 2.05) is 24.3 Å². The zero-order valence-electron chi connectivity index (χ0n) is 24.7. The third-order valence-electron chi connectivity index (χ3n) is 7.37. The van der Waals surface area contributed by atoms with Gasteiger partial charge in [-0.1, -0.05) is 30.3 Å². The molecule has 4 unspecified atom stereocenters. The number of H-pyrrole nitrogens is 2. The smallest absolute Gasteiger partial charge is 0.326 e. The van der Waals surface area contributed by atoms with E-state index in [4.69, 9.17) is 11.5 Å². The number of hydrogen-bond donors (Lipinski definition) is 9. The van der Waals surface area contributed by atoms with E-state index in [-0.39, 0.29) is 37.9 Å². The number of amides is 4. The Morgan fingerprint density at radius 2 is 1.48 bits per heavy atom. The van der Waals surface area contributed by atoms with Gasteiger partial charge in [-0.3, -0.25) is 19.2 Å². The number of aromatic nitrogens is 3. The molecule has 0 aliphatic rings. The average molecular weight is 633 g/mol. The Balaban J connectivity index is 1.53. The summed E-state index contributed by atoms with van der Waals surface area (Å²) in [5, 5.41) is 27.8. The molecule has 0 aliphatic heterocycles. The number of phenols is 1. The Kier molecular flexibility index (Phi) is 11.1. The molecule has 4 aromatic rings. The number of carbonyl (C=O) groups excluding carboxylic acids is 4. The van der Waals surface area contributed by atoms with E-state index >= 15 is 0 Å². The fourth-order valence-corrected chi connectivity index (χ4v) is 4.90. The van der Waals surface area contributed by atoms with Crippen LogP contribution in [0.4, 0.5) is 0 Å². The summed E-state index contributed by atoms with van der Waals surface area (Å²) in [7, 11) is 0. The molecular weight excluding hydrogens is 596 g/mol. The lowest BCUT2D eigenvalue weighted by Gasteiger charge is -2.25. The van der Waals surface area contributed by atoms with Crippen molar-refractivity contribution in [3.63, 3.8) is 0 Å². The first-order valence-electron chi connectivity index (χ1n) is 14.5. The molecule has 0 aliphatic carbocycles. The number of hydrogen-bond acceptors (Lipinski definition) is 8. The summed E-state index contributed by atoms with van der Waals surface area (Å²) in [6.45, 7) is 0. The summed E-state index contributed by atoms with van der Waals surface area (Å²) in [4.78, 5) is 73.4. The van der Waals surface area contributed by atoms with E-state index < -0.39 is 53.8 Å². The lowest BCUT2D eigenvalue weighted by molar-refractivity contribution is -0.142. The predicted molar refractivity (Wildman–Crippen MR) is 166 cm³/mol. The Labute approximate surface area is 263 Å². The molecule has 0 saturated carbocycles. The van der Waals surface area contributed by atoms with E-state index in [0.717, 1.165) is 16.5 Å². The van der Waals surface area contributed by atoms with Crippen molar-refractivity contribution in [3.8, 4) is 5.75 Å². The van der Waals surface area contributed by atoms with Crippen molar-refractivity contribution < 1.29 is 34.2 Å². The van der Waals surface area contributed by atoms with Gasteiger partial charge in [0, 0.05) is 48.3 Å². The maximum absolute atomic E-state index is 13.7. The number of nitrogens with zero attached hydrogens (tertiary/aromatic N) is 1. The van der Waals surface area contributed by atoms with Crippen molar-refractivity contribution in [2.75, 3.05) is 0 Å². The van der Waals surface area contributed by atoms with E-state index in [9.17, 15) is 34.2 Å². The maximum atomic E-state index is 13.7. The minimum Gasteiger partial charge on any atom is -0.508 e. The van der Waals surface area contributed by atoms with Gasteiger partial charge in [-0.25, -0.2) is 9.78 Å². The molecule has 2 aromatic heterocycles. The highest BCUT2D eigenvalue weighted by atomic mass is 16.4. The number of primary amides is 1. The Morgan fingerprint density at radius 1 is 0.826 bits per heavy atom. The molecule has 0 spiro atoms. The van der Waals surface area contributed by atoms with Gasteiger partial charge in [-0.2, -0.15) is 0 Å². The molecule has 46 heavy (non-hydrogen) atoms. The quantitative estimate of drug-likeness (QED) is 0.0788. The number of imidazole rings is 1. The number of aliphatic carboxylic acids is 1. The molecule has 0 fully saturated rings. The van der Waals surface area contributed by atoms with Crippen LogP contribution in [0.1, 0.15) is 29.7 Å². The summed E-state index contributed by atoms with van der Waals surface area (Å²) < 4.78 is 0. The highest BCUT2D eigenvalue weighted by Crippen LogP contribution is 2.19. The van der Waals surface area contributed by atoms with Crippen molar-refractivity contribution >= 4 is 40.5 Å². The van der Waals surface area contributed by atoms with E-state index in [0.29, 0.717) is 11.3 Å². The minimum atomic E-state index is -1.46. The topological polar surface area (TPSA) is 258 Å². The van der Waals surface area contributed by atoms with Gasteiger partial charge in [0.25, 0.3) is 0 Å². The fraction of sp³-hybridized carbons (Fsp3) is 0.290. The first kappa shape index (κ1) is 33.2. The van der Waals surface area contributed by atoms with Crippen molar-refractivity contribution in [2.45, 2.75) is 56.3 Å². The zero-order chi connectivity index (χ0) is 33.2. The number of nitrogens with one attached hydrogen (secondary N) is 5. The van der Waals surface area contributed by atoms with Crippen LogP contribution in [-0.4, -0.2) is 78.9 Å². The van der Waals surface area contributed by atoms with Crippen LogP contribution in [0.5, 0.6) is 5.75 Å². The molecule has 15 heteroatoms. The van der Waals surface area contributed by atoms with Crippen molar-refractivity contribution in [1.82, 2.24) is 30.9 Å². The molecule has 2 heterocycles. The average Bonchev–Trinajstić information content (AvgIpc) is 3.69. The highest BCUT2D eigenvalue weighted by molar-refractivity contribution is 5.95. The van der Waals surface area contributed by atoms with Crippen LogP contribution in [0.3, 0.4) is 0 Å². The molecule has 0 radical (unpaired) electrons. The highest BCUT2D eigenvalue weighted by Gasteiger charge is 2.31. The number of nitrogens with two attached hydrogens (primary N) is 2. The van der Waals surface area contributed by atoms with Crippen LogP contribution in [0.25, 0.3) is 10.9 Å². The van der Waals surface area contributed by atoms with Crippen molar-refractivity contribution in [1.29, 1.82) is 0 Å². The lowest BCUT2D eigenvalue weighted by Crippen LogP contribution is -2.58. The first-order chi connectivity index (χ1) is 22.0. The number of carbonyl (C=O) groups is 5. The molecular formula is C31H36N8O7. The zero-order valence-corrected chi connectivity index (χ0v) is 24.7. The molecule has 242 valence electrons. The summed E-state index contributed by atoms with van der Waals surface area (Å²) in [6.07, 6.45) is 4.18. The van der Waals surface area contributed by atoms with Crippen LogP contribution in [0, 0.1) is 0 Å². The third kappa shape index (κ3) is 9.15. The van der Waals surface area contributed by atoms with E-state index in [1.54, 1.807) is 6.20 Å². The number of aromatic amines is 2. The third-order valence-corrected chi connectivity index (χ3v) is 7.37. The molecule has 0 saturated heterocycles. The second-order valence-corrected chi connectivity index (χ2v) is 10.8. The van der Waals surface area contributed by atoms with Gasteiger partial charge in [0.1, 0.15) is 23.9 Å². The number of phenolic OH excluding ortho intramolecular Hbond substituents is 1. The number of benzene rings is 2. The molecule has 15 nitrogen and oxygen atoms in total. The number of rotatable bonds is 16. The number of fused-ring (bicyclic) bond motifs is 1. The van der Waals surface area contributed by atoms with E-state index in [2.05, 4.69) is 30.9 Å². The summed E-state index contributed by atoms with van der Waals surface area (Å²) in [5.74, 6) is -4.35. The number of para-hydroxylation sites is 1. The monoisotopic (exact) mass is 632 g/mol. The minimum absolute atomic E-state index is 0.0162. The van der Waals surface area contributed by atoms with Crippen molar-refractivity contribution in [3.05, 3.63) is 84.1 Å².